The molecule has 2 unspecified atom stereocenters. The summed E-state index contributed by atoms with van der Waals surface area (Å²) in [6.45, 7) is 3.83. The minimum Gasteiger partial charge on any atom is -0.354 e. The zero-order valence-corrected chi connectivity index (χ0v) is 15.9. The third kappa shape index (κ3) is 3.74. The molecule has 6 heteroatoms. The zero-order chi connectivity index (χ0) is 17.2. The van der Waals surface area contributed by atoms with Crippen LogP contribution in [-0.2, 0) is 9.59 Å². The second kappa shape index (κ2) is 7.65. The zero-order valence-electron chi connectivity index (χ0n) is 15.1. The normalized spacial score (nSPS) is 30.9. The molecule has 3 rings (SSSR count). The molecule has 0 aromatic carbocycles. The van der Waals surface area contributed by atoms with Crippen LogP contribution in [0.3, 0.4) is 0 Å². The van der Waals surface area contributed by atoms with Gasteiger partial charge in [-0.15, -0.1) is 11.8 Å². The van der Waals surface area contributed by atoms with Crippen molar-refractivity contribution in [1.82, 2.24) is 15.1 Å². The molecular weight excluding hydrogens is 322 g/mol. The lowest BCUT2D eigenvalue weighted by molar-refractivity contribution is -0.137. The van der Waals surface area contributed by atoms with Crippen molar-refractivity contribution in [3.8, 4) is 0 Å². The monoisotopic (exact) mass is 353 g/mol. The Labute approximate surface area is 149 Å². The number of nitrogens with one attached hydrogen (secondary N) is 1. The third-order valence-electron chi connectivity index (χ3n) is 5.93. The molecule has 1 N–H and O–H groups in total. The van der Waals surface area contributed by atoms with E-state index in [2.05, 4.69) is 24.2 Å². The summed E-state index contributed by atoms with van der Waals surface area (Å²) in [4.78, 5) is 28.7. The first kappa shape index (κ1) is 18.1. The molecule has 2 amide bonds. The van der Waals surface area contributed by atoms with E-state index >= 15 is 0 Å². The van der Waals surface area contributed by atoms with Crippen molar-refractivity contribution in [2.75, 3.05) is 25.9 Å². The average molecular weight is 354 g/mol. The minimum atomic E-state index is -0.272. The van der Waals surface area contributed by atoms with Crippen LogP contribution in [0.5, 0.6) is 0 Å². The van der Waals surface area contributed by atoms with Crippen molar-refractivity contribution >= 4 is 23.6 Å². The van der Waals surface area contributed by atoms with E-state index in [9.17, 15) is 9.59 Å². The summed E-state index contributed by atoms with van der Waals surface area (Å²) >= 11 is 1.75. The van der Waals surface area contributed by atoms with Crippen molar-refractivity contribution in [3.05, 3.63) is 0 Å². The number of carbonyl (C=O) groups is 2. The summed E-state index contributed by atoms with van der Waals surface area (Å²) in [6.07, 6.45) is 9.15. The van der Waals surface area contributed by atoms with Gasteiger partial charge in [-0.05, 0) is 46.2 Å². The van der Waals surface area contributed by atoms with Crippen LogP contribution in [0.15, 0.2) is 0 Å². The molecular formula is C18H31N3O2S. The predicted octanol–water partition coefficient (Wildman–Crippen LogP) is 2.21. The number of fused-ring (bicyclic) bond motifs is 1. The van der Waals surface area contributed by atoms with Gasteiger partial charge in [0, 0.05) is 24.8 Å². The van der Waals surface area contributed by atoms with Crippen LogP contribution < -0.4 is 5.32 Å². The first-order chi connectivity index (χ1) is 11.5. The van der Waals surface area contributed by atoms with Crippen LogP contribution in [0.1, 0.15) is 58.3 Å². The lowest BCUT2D eigenvalue weighted by Crippen LogP contribution is -2.50. The van der Waals surface area contributed by atoms with E-state index < -0.39 is 0 Å². The van der Waals surface area contributed by atoms with Gasteiger partial charge in [-0.25, -0.2) is 0 Å². The van der Waals surface area contributed by atoms with Crippen molar-refractivity contribution in [2.45, 2.75) is 75.2 Å². The molecule has 1 aliphatic carbocycles. The summed E-state index contributed by atoms with van der Waals surface area (Å²) in [7, 11) is 2.21. The van der Waals surface area contributed by atoms with Crippen LogP contribution in [0.2, 0.25) is 0 Å². The van der Waals surface area contributed by atoms with Gasteiger partial charge in [-0.3, -0.25) is 9.59 Å². The smallest absolute Gasteiger partial charge is 0.243 e. The van der Waals surface area contributed by atoms with Crippen molar-refractivity contribution in [2.24, 2.45) is 0 Å². The second-order valence-corrected chi connectivity index (χ2v) is 9.18. The van der Waals surface area contributed by atoms with E-state index in [1.54, 1.807) is 11.8 Å². The molecule has 0 radical (unpaired) electrons. The topological polar surface area (TPSA) is 52.7 Å². The van der Waals surface area contributed by atoms with Crippen molar-refractivity contribution in [3.63, 3.8) is 0 Å². The molecule has 2 aliphatic heterocycles. The SMILES string of the molecule is CN(CCCNC(=O)C1CSC2(C)CCC(=O)N12)C1CCCCC1. The molecule has 2 heterocycles. The van der Waals surface area contributed by atoms with Gasteiger partial charge in [0.1, 0.15) is 6.04 Å². The molecule has 24 heavy (non-hydrogen) atoms. The lowest BCUT2D eigenvalue weighted by Gasteiger charge is -2.31. The summed E-state index contributed by atoms with van der Waals surface area (Å²) in [5.41, 5.74) is 0. The van der Waals surface area contributed by atoms with E-state index in [1.165, 1.54) is 32.1 Å². The Kier molecular flexibility index (Phi) is 5.75. The number of hydrogen-bond acceptors (Lipinski definition) is 4. The molecule has 2 atom stereocenters. The number of rotatable bonds is 6. The molecule has 2 saturated heterocycles. The molecule has 136 valence electrons. The molecule has 3 fully saturated rings. The highest BCUT2D eigenvalue weighted by atomic mass is 32.2. The fourth-order valence-corrected chi connectivity index (χ4v) is 5.81. The maximum atomic E-state index is 12.5. The van der Waals surface area contributed by atoms with Gasteiger partial charge in [-0.1, -0.05) is 19.3 Å². The molecule has 0 bridgehead atoms. The second-order valence-electron chi connectivity index (χ2n) is 7.68. The van der Waals surface area contributed by atoms with Crippen molar-refractivity contribution in [1.29, 1.82) is 0 Å². The van der Waals surface area contributed by atoms with Gasteiger partial charge in [-0.2, -0.15) is 0 Å². The van der Waals surface area contributed by atoms with Gasteiger partial charge in [0.05, 0.1) is 4.87 Å². The van der Waals surface area contributed by atoms with Crippen LogP contribution in [0, 0.1) is 0 Å². The van der Waals surface area contributed by atoms with Crippen molar-refractivity contribution < 1.29 is 9.59 Å². The number of amides is 2. The maximum absolute atomic E-state index is 12.5. The molecule has 1 saturated carbocycles. The largest absolute Gasteiger partial charge is 0.354 e. The van der Waals surface area contributed by atoms with E-state index in [-0.39, 0.29) is 22.7 Å². The summed E-state index contributed by atoms with van der Waals surface area (Å²) in [5, 5.41) is 3.06. The van der Waals surface area contributed by atoms with E-state index in [0.29, 0.717) is 13.0 Å². The Morgan fingerprint density at radius 1 is 1.38 bits per heavy atom. The van der Waals surface area contributed by atoms with Crippen LogP contribution >= 0.6 is 11.8 Å². The van der Waals surface area contributed by atoms with Crippen LogP contribution in [0.25, 0.3) is 0 Å². The predicted molar refractivity (Wildman–Crippen MR) is 97.9 cm³/mol. The fourth-order valence-electron chi connectivity index (χ4n) is 4.38. The highest BCUT2D eigenvalue weighted by molar-refractivity contribution is 8.01. The quantitative estimate of drug-likeness (QED) is 0.744. The van der Waals surface area contributed by atoms with Gasteiger partial charge < -0.3 is 15.1 Å². The Bertz CT molecular complexity index is 481. The van der Waals surface area contributed by atoms with E-state index in [1.807, 2.05) is 4.90 Å². The Balaban J connectivity index is 1.39. The maximum Gasteiger partial charge on any atom is 0.243 e. The molecule has 0 aromatic heterocycles. The molecule has 5 nitrogen and oxygen atoms in total. The Hall–Kier alpha value is -0.750. The highest BCUT2D eigenvalue weighted by Crippen LogP contribution is 2.47. The fraction of sp³-hybridized carbons (Fsp3) is 0.889. The molecule has 3 aliphatic rings. The minimum absolute atomic E-state index is 0.0294. The summed E-state index contributed by atoms with van der Waals surface area (Å²) in [5.74, 6) is 0.900. The van der Waals surface area contributed by atoms with Gasteiger partial charge in [0.2, 0.25) is 11.8 Å². The van der Waals surface area contributed by atoms with Gasteiger partial charge in [0.25, 0.3) is 0 Å². The Morgan fingerprint density at radius 3 is 2.88 bits per heavy atom. The number of nitrogens with zero attached hydrogens (tertiary/aromatic N) is 2. The van der Waals surface area contributed by atoms with Gasteiger partial charge >= 0.3 is 0 Å². The average Bonchev–Trinajstić information content (AvgIpc) is 3.08. The van der Waals surface area contributed by atoms with Crippen LogP contribution in [0.4, 0.5) is 0 Å². The number of hydrogen-bond donors (Lipinski definition) is 1. The van der Waals surface area contributed by atoms with E-state index in [0.717, 1.165) is 31.2 Å². The molecule has 0 spiro atoms. The first-order valence-electron chi connectivity index (χ1n) is 9.45. The summed E-state index contributed by atoms with van der Waals surface area (Å²) < 4.78 is 0. The highest BCUT2D eigenvalue weighted by Gasteiger charge is 2.52. The standard InChI is InChI=1S/C18H31N3O2S/c1-18-10-9-16(22)21(18)15(13-24-18)17(23)19-11-6-12-20(2)14-7-4-3-5-8-14/h14-15H,3-13H2,1-2H3,(H,19,23). The lowest BCUT2D eigenvalue weighted by atomic mass is 9.94. The van der Waals surface area contributed by atoms with Gasteiger partial charge in [0.15, 0.2) is 0 Å². The Morgan fingerprint density at radius 2 is 2.12 bits per heavy atom. The van der Waals surface area contributed by atoms with E-state index in [4.69, 9.17) is 0 Å². The number of carbonyl (C=O) groups excluding carboxylic acids is 2. The first-order valence-corrected chi connectivity index (χ1v) is 10.4. The number of thioether (sulfide) groups is 1. The van der Waals surface area contributed by atoms with Crippen LogP contribution in [-0.4, -0.2) is 64.5 Å². The molecule has 0 aromatic rings. The summed E-state index contributed by atoms with van der Waals surface area (Å²) in [6, 6.07) is 0.453. The third-order valence-corrected chi connectivity index (χ3v) is 7.44.